The van der Waals surface area contributed by atoms with Crippen LogP contribution in [0.25, 0.3) is 11.0 Å². The molecule has 1 aromatic carbocycles. The summed E-state index contributed by atoms with van der Waals surface area (Å²) in [4.78, 5) is 14.0. The second kappa shape index (κ2) is 6.76. The minimum Gasteiger partial charge on any atom is -0.361 e. The standard InChI is InChI=1S/C18H20N4O2S/c1-5-16(23)22(11-13-9-15(24-19-13)18(2,3)4)10-12-7-6-8-14-17(12)21-25-20-14/h5-9H,1,10-11H2,2-4H3. The third kappa shape index (κ3) is 3.76. The average molecular weight is 356 g/mol. The summed E-state index contributed by atoms with van der Waals surface area (Å²) in [5, 5.41) is 4.10. The Morgan fingerprint density at radius 1 is 1.32 bits per heavy atom. The minimum absolute atomic E-state index is 0.129. The van der Waals surface area contributed by atoms with Crippen LogP contribution < -0.4 is 0 Å². The third-order valence-electron chi connectivity index (χ3n) is 3.87. The van der Waals surface area contributed by atoms with Crippen molar-refractivity contribution in [2.24, 2.45) is 0 Å². The Morgan fingerprint density at radius 3 is 2.80 bits per heavy atom. The fourth-order valence-electron chi connectivity index (χ4n) is 2.47. The van der Waals surface area contributed by atoms with Crippen molar-refractivity contribution in [2.45, 2.75) is 39.3 Å². The van der Waals surface area contributed by atoms with E-state index in [0.717, 1.165) is 22.4 Å². The summed E-state index contributed by atoms with van der Waals surface area (Å²) in [7, 11) is 0. The Balaban J connectivity index is 1.85. The normalized spacial score (nSPS) is 11.6. The predicted octanol–water partition coefficient (Wildman–Crippen LogP) is 3.69. The lowest BCUT2D eigenvalue weighted by Crippen LogP contribution is -2.28. The second-order valence-electron chi connectivity index (χ2n) is 6.88. The molecule has 0 atom stereocenters. The van der Waals surface area contributed by atoms with E-state index in [9.17, 15) is 4.79 Å². The van der Waals surface area contributed by atoms with Crippen LogP contribution >= 0.6 is 11.7 Å². The first-order chi connectivity index (χ1) is 11.9. The first kappa shape index (κ1) is 17.3. The van der Waals surface area contributed by atoms with Crippen molar-refractivity contribution >= 4 is 28.7 Å². The zero-order chi connectivity index (χ0) is 18.0. The lowest BCUT2D eigenvalue weighted by molar-refractivity contribution is -0.127. The van der Waals surface area contributed by atoms with E-state index in [-0.39, 0.29) is 11.3 Å². The van der Waals surface area contributed by atoms with E-state index >= 15 is 0 Å². The van der Waals surface area contributed by atoms with Gasteiger partial charge < -0.3 is 9.42 Å². The SMILES string of the molecule is C=CC(=O)N(Cc1cc(C(C)(C)C)on1)Cc1cccc2nsnc12. The average Bonchev–Trinajstić information content (AvgIpc) is 3.22. The maximum Gasteiger partial charge on any atom is 0.246 e. The van der Waals surface area contributed by atoms with Crippen LogP contribution in [0.2, 0.25) is 0 Å². The topological polar surface area (TPSA) is 72.1 Å². The van der Waals surface area contributed by atoms with Gasteiger partial charge in [-0.25, -0.2) is 0 Å². The third-order valence-corrected chi connectivity index (χ3v) is 4.41. The van der Waals surface area contributed by atoms with E-state index in [0.29, 0.717) is 18.8 Å². The molecule has 0 fully saturated rings. The van der Waals surface area contributed by atoms with Crippen molar-refractivity contribution < 1.29 is 9.32 Å². The van der Waals surface area contributed by atoms with Crippen LogP contribution in [0, 0.1) is 0 Å². The second-order valence-corrected chi connectivity index (χ2v) is 7.41. The largest absolute Gasteiger partial charge is 0.361 e. The molecule has 0 saturated carbocycles. The highest BCUT2D eigenvalue weighted by Crippen LogP contribution is 2.24. The van der Waals surface area contributed by atoms with Crippen molar-refractivity contribution in [3.05, 3.63) is 53.9 Å². The molecule has 3 rings (SSSR count). The Labute approximate surface area is 150 Å². The molecule has 2 aromatic heterocycles. The maximum absolute atomic E-state index is 12.3. The predicted molar refractivity (Wildman–Crippen MR) is 97.1 cm³/mol. The van der Waals surface area contributed by atoms with E-state index in [1.807, 2.05) is 24.3 Å². The molecule has 0 aliphatic rings. The molecule has 0 radical (unpaired) electrons. The maximum atomic E-state index is 12.3. The lowest BCUT2D eigenvalue weighted by atomic mass is 9.93. The lowest BCUT2D eigenvalue weighted by Gasteiger charge is -2.20. The summed E-state index contributed by atoms with van der Waals surface area (Å²) in [6.45, 7) is 10.5. The van der Waals surface area contributed by atoms with E-state index in [1.54, 1.807) is 4.90 Å². The number of hydrogen-bond acceptors (Lipinski definition) is 6. The van der Waals surface area contributed by atoms with E-state index in [1.165, 1.54) is 17.8 Å². The van der Waals surface area contributed by atoms with Gasteiger partial charge in [0, 0.05) is 23.6 Å². The number of fused-ring (bicyclic) bond motifs is 1. The van der Waals surface area contributed by atoms with Crippen LogP contribution in [0.3, 0.4) is 0 Å². The smallest absolute Gasteiger partial charge is 0.246 e. The first-order valence-corrected chi connectivity index (χ1v) is 8.69. The number of hydrogen-bond donors (Lipinski definition) is 0. The summed E-state index contributed by atoms with van der Waals surface area (Å²) in [5.41, 5.74) is 3.19. The number of rotatable bonds is 5. The molecule has 3 aromatic rings. The zero-order valence-electron chi connectivity index (χ0n) is 14.5. The van der Waals surface area contributed by atoms with Gasteiger partial charge in [0.15, 0.2) is 0 Å². The molecule has 0 aliphatic carbocycles. The highest BCUT2D eigenvalue weighted by molar-refractivity contribution is 7.00. The summed E-state index contributed by atoms with van der Waals surface area (Å²) >= 11 is 1.17. The van der Waals surface area contributed by atoms with Gasteiger partial charge >= 0.3 is 0 Å². The molecule has 2 heterocycles. The molecule has 6 nitrogen and oxygen atoms in total. The summed E-state index contributed by atoms with van der Waals surface area (Å²) in [5.74, 6) is 0.625. The van der Waals surface area contributed by atoms with Crippen molar-refractivity contribution in [3.8, 4) is 0 Å². The van der Waals surface area contributed by atoms with Gasteiger partial charge in [0.25, 0.3) is 0 Å². The van der Waals surface area contributed by atoms with Gasteiger partial charge in [-0.1, -0.05) is 44.6 Å². The van der Waals surface area contributed by atoms with E-state index in [2.05, 4.69) is 41.3 Å². The fourth-order valence-corrected chi connectivity index (χ4v) is 3.04. The summed E-state index contributed by atoms with van der Waals surface area (Å²) in [6, 6.07) is 7.68. The Kier molecular flexibility index (Phi) is 4.67. The molecular weight excluding hydrogens is 336 g/mol. The van der Waals surface area contributed by atoms with Crippen LogP contribution in [-0.2, 0) is 23.3 Å². The molecule has 0 N–H and O–H groups in total. The van der Waals surface area contributed by atoms with Crippen molar-refractivity contribution in [1.29, 1.82) is 0 Å². The van der Waals surface area contributed by atoms with Crippen molar-refractivity contribution in [2.75, 3.05) is 0 Å². The van der Waals surface area contributed by atoms with Gasteiger partial charge in [0.1, 0.15) is 22.5 Å². The molecule has 0 spiro atoms. The van der Waals surface area contributed by atoms with Crippen LogP contribution in [-0.4, -0.2) is 24.7 Å². The Hall–Kier alpha value is -2.54. The quantitative estimate of drug-likeness (QED) is 0.652. The van der Waals surface area contributed by atoms with Gasteiger partial charge in [0.05, 0.1) is 18.3 Å². The molecule has 0 aliphatic heterocycles. The molecular formula is C18H20N4O2S. The minimum atomic E-state index is -0.166. The van der Waals surface area contributed by atoms with E-state index in [4.69, 9.17) is 4.52 Å². The van der Waals surface area contributed by atoms with Gasteiger partial charge in [-0.05, 0) is 12.1 Å². The van der Waals surface area contributed by atoms with Crippen molar-refractivity contribution in [1.82, 2.24) is 18.8 Å². The van der Waals surface area contributed by atoms with Gasteiger partial charge in [-0.3, -0.25) is 4.79 Å². The van der Waals surface area contributed by atoms with Crippen LogP contribution in [0.4, 0.5) is 0 Å². The molecule has 7 heteroatoms. The number of aromatic nitrogens is 3. The molecule has 130 valence electrons. The van der Waals surface area contributed by atoms with Crippen LogP contribution in [0.15, 0.2) is 41.4 Å². The number of carbonyl (C=O) groups excluding carboxylic acids is 1. The monoisotopic (exact) mass is 356 g/mol. The first-order valence-electron chi connectivity index (χ1n) is 7.96. The van der Waals surface area contributed by atoms with Crippen molar-refractivity contribution in [3.63, 3.8) is 0 Å². The van der Waals surface area contributed by atoms with Crippen LogP contribution in [0.5, 0.6) is 0 Å². The van der Waals surface area contributed by atoms with E-state index < -0.39 is 0 Å². The highest BCUT2D eigenvalue weighted by atomic mass is 32.1. The number of nitrogens with zero attached hydrogens (tertiary/aromatic N) is 4. The number of carbonyl (C=O) groups is 1. The molecule has 1 amide bonds. The van der Waals surface area contributed by atoms with Gasteiger partial charge in [-0.2, -0.15) is 8.75 Å². The van der Waals surface area contributed by atoms with Crippen LogP contribution in [0.1, 0.15) is 37.8 Å². The Morgan fingerprint density at radius 2 is 2.12 bits per heavy atom. The number of amides is 1. The molecule has 0 unspecified atom stereocenters. The fraction of sp³-hybridized carbons (Fsp3) is 0.333. The zero-order valence-corrected chi connectivity index (χ0v) is 15.3. The molecule has 25 heavy (non-hydrogen) atoms. The van der Waals surface area contributed by atoms with Gasteiger partial charge in [0.2, 0.25) is 5.91 Å². The number of benzene rings is 1. The molecule has 0 bridgehead atoms. The summed E-state index contributed by atoms with van der Waals surface area (Å²) in [6.07, 6.45) is 1.31. The Bertz CT molecular complexity index is 907. The highest BCUT2D eigenvalue weighted by Gasteiger charge is 2.22. The van der Waals surface area contributed by atoms with Gasteiger partial charge in [-0.15, -0.1) is 0 Å². The molecule has 0 saturated heterocycles. The summed E-state index contributed by atoms with van der Waals surface area (Å²) < 4.78 is 14.0.